The molecule has 2 aliphatic rings. The summed E-state index contributed by atoms with van der Waals surface area (Å²) in [6.45, 7) is 4.62. The summed E-state index contributed by atoms with van der Waals surface area (Å²) in [6.07, 6.45) is 7.35. The van der Waals surface area contributed by atoms with Gasteiger partial charge in [0.15, 0.2) is 0 Å². The van der Waals surface area contributed by atoms with Crippen LogP contribution in [-0.2, 0) is 19.4 Å². The molecule has 3 heterocycles. The minimum absolute atomic E-state index is 1.12. The number of likely N-dealkylation sites (N-methyl/N-ethyl adjacent to an activating group) is 1. The number of thioether (sulfide) groups is 1. The predicted octanol–water partition coefficient (Wildman–Crippen LogP) is 5.51. The number of hydrogen-bond acceptors (Lipinski definition) is 3. The lowest BCUT2D eigenvalue weighted by atomic mass is 10.0. The van der Waals surface area contributed by atoms with Crippen molar-refractivity contribution in [2.45, 2.75) is 44.0 Å². The molecule has 1 nitrogen and oxygen atoms in total. The number of nitrogens with zero attached hydrogens (tertiary/aromatic N) is 1. The molecule has 0 spiro atoms. The van der Waals surface area contributed by atoms with Crippen molar-refractivity contribution in [2.75, 3.05) is 13.6 Å². The highest BCUT2D eigenvalue weighted by Gasteiger charge is 2.24. The maximum atomic E-state index is 2.49. The van der Waals surface area contributed by atoms with Gasteiger partial charge in [0, 0.05) is 38.2 Å². The number of thiophene rings is 1. The van der Waals surface area contributed by atoms with Crippen LogP contribution < -0.4 is 0 Å². The Morgan fingerprint density at radius 1 is 1.13 bits per heavy atom. The normalized spacial score (nSPS) is 20.9. The van der Waals surface area contributed by atoms with Gasteiger partial charge in [-0.1, -0.05) is 36.0 Å². The lowest BCUT2D eigenvalue weighted by Crippen LogP contribution is -2.25. The highest BCUT2D eigenvalue weighted by molar-refractivity contribution is 8.08. The van der Waals surface area contributed by atoms with E-state index in [4.69, 9.17) is 0 Å². The predicted molar refractivity (Wildman–Crippen MR) is 102 cm³/mol. The molecule has 0 aliphatic carbocycles. The van der Waals surface area contributed by atoms with Crippen LogP contribution in [0.3, 0.4) is 0 Å². The molecule has 4 rings (SSSR count). The first kappa shape index (κ1) is 15.5. The van der Waals surface area contributed by atoms with E-state index in [9.17, 15) is 0 Å². The van der Waals surface area contributed by atoms with E-state index in [0.29, 0.717) is 0 Å². The van der Waals surface area contributed by atoms with Crippen LogP contribution in [0.1, 0.15) is 39.3 Å². The minimum Gasteiger partial charge on any atom is -0.301 e. The van der Waals surface area contributed by atoms with Gasteiger partial charge in [-0.25, -0.2) is 0 Å². The Labute approximate surface area is 147 Å². The van der Waals surface area contributed by atoms with Crippen molar-refractivity contribution in [1.29, 1.82) is 0 Å². The summed E-state index contributed by atoms with van der Waals surface area (Å²) in [5.74, 6) is 0. The third kappa shape index (κ3) is 3.02. The fraction of sp³-hybridized carbons (Fsp3) is 0.400. The molecular weight excluding hydrogens is 318 g/mol. The van der Waals surface area contributed by atoms with E-state index >= 15 is 0 Å². The molecule has 23 heavy (non-hydrogen) atoms. The highest BCUT2D eigenvalue weighted by Crippen LogP contribution is 2.45. The van der Waals surface area contributed by atoms with Crippen molar-refractivity contribution in [3.05, 3.63) is 56.8 Å². The van der Waals surface area contributed by atoms with Gasteiger partial charge >= 0.3 is 0 Å². The van der Waals surface area contributed by atoms with Gasteiger partial charge in [-0.2, -0.15) is 0 Å². The van der Waals surface area contributed by atoms with E-state index in [1.807, 2.05) is 23.1 Å². The van der Waals surface area contributed by atoms with Gasteiger partial charge in [-0.3, -0.25) is 0 Å². The van der Waals surface area contributed by atoms with Crippen LogP contribution >= 0.6 is 23.1 Å². The zero-order valence-electron chi connectivity index (χ0n) is 13.9. The van der Waals surface area contributed by atoms with Crippen LogP contribution in [0.2, 0.25) is 0 Å². The highest BCUT2D eigenvalue weighted by atomic mass is 32.2. The van der Waals surface area contributed by atoms with Gasteiger partial charge in [0.25, 0.3) is 0 Å². The van der Waals surface area contributed by atoms with Crippen LogP contribution in [0, 0.1) is 6.92 Å². The summed E-state index contributed by atoms with van der Waals surface area (Å²) in [5, 5.41) is 0. The van der Waals surface area contributed by atoms with Crippen molar-refractivity contribution in [3.8, 4) is 0 Å². The fourth-order valence-electron chi connectivity index (χ4n) is 3.64. The molecule has 1 aromatic carbocycles. The maximum Gasteiger partial charge on any atom is 0.0328 e. The van der Waals surface area contributed by atoms with Crippen molar-refractivity contribution in [1.82, 2.24) is 4.90 Å². The molecule has 2 aromatic rings. The number of rotatable bonds is 1. The van der Waals surface area contributed by atoms with E-state index in [2.05, 4.69) is 49.2 Å². The molecule has 2 aliphatic heterocycles. The lowest BCUT2D eigenvalue weighted by Gasteiger charge is -2.23. The minimum atomic E-state index is 1.12. The second kappa shape index (κ2) is 6.46. The second-order valence-electron chi connectivity index (χ2n) is 6.59. The van der Waals surface area contributed by atoms with E-state index < -0.39 is 0 Å². The fourth-order valence-corrected chi connectivity index (χ4v) is 6.29. The Hall–Kier alpha value is -1.03. The Morgan fingerprint density at radius 3 is 2.91 bits per heavy atom. The van der Waals surface area contributed by atoms with Crippen LogP contribution in [0.25, 0.3) is 4.91 Å². The number of allylic oxidation sites excluding steroid dienone is 1. The SMILES string of the molecule is Cc1sc2c(c1/C1=C\CCCc3ccccc3S1)CCN(C)C2. The zero-order chi connectivity index (χ0) is 15.8. The van der Waals surface area contributed by atoms with Crippen molar-refractivity contribution in [3.63, 3.8) is 0 Å². The molecule has 0 amide bonds. The molecule has 0 N–H and O–H groups in total. The van der Waals surface area contributed by atoms with Crippen LogP contribution in [0.15, 0.2) is 35.2 Å². The van der Waals surface area contributed by atoms with Gasteiger partial charge in [-0.05, 0) is 56.8 Å². The Bertz CT molecular complexity index is 757. The van der Waals surface area contributed by atoms with E-state index in [1.54, 1.807) is 16.0 Å². The summed E-state index contributed by atoms with van der Waals surface area (Å²) in [7, 11) is 2.23. The molecule has 0 bridgehead atoms. The lowest BCUT2D eigenvalue weighted by molar-refractivity contribution is 0.317. The molecule has 1 aromatic heterocycles. The second-order valence-corrected chi connectivity index (χ2v) is 8.99. The maximum absolute atomic E-state index is 2.49. The van der Waals surface area contributed by atoms with Crippen LogP contribution in [0.5, 0.6) is 0 Å². The van der Waals surface area contributed by atoms with Gasteiger partial charge < -0.3 is 4.90 Å². The summed E-state index contributed by atoms with van der Waals surface area (Å²) in [4.78, 5) is 8.48. The molecule has 0 unspecified atom stereocenters. The van der Waals surface area contributed by atoms with Gasteiger partial charge in [0.2, 0.25) is 0 Å². The molecule has 0 fully saturated rings. The average molecular weight is 342 g/mol. The third-order valence-electron chi connectivity index (χ3n) is 4.84. The molecule has 3 heteroatoms. The zero-order valence-corrected chi connectivity index (χ0v) is 15.5. The van der Waals surface area contributed by atoms with Gasteiger partial charge in [-0.15, -0.1) is 11.3 Å². The molecule has 0 radical (unpaired) electrons. The van der Waals surface area contributed by atoms with Gasteiger partial charge in [0.05, 0.1) is 0 Å². The number of hydrogen-bond donors (Lipinski definition) is 0. The van der Waals surface area contributed by atoms with Crippen LogP contribution in [-0.4, -0.2) is 18.5 Å². The third-order valence-corrected chi connectivity index (χ3v) is 7.18. The molecular formula is C20H23NS2. The first-order valence-corrected chi connectivity index (χ1v) is 10.1. The Balaban J connectivity index is 1.75. The van der Waals surface area contributed by atoms with Crippen molar-refractivity contribution < 1.29 is 0 Å². The topological polar surface area (TPSA) is 3.24 Å². The van der Waals surface area contributed by atoms with Crippen LogP contribution in [0.4, 0.5) is 0 Å². The van der Waals surface area contributed by atoms with Crippen molar-refractivity contribution >= 4 is 28.0 Å². The molecule has 0 atom stereocenters. The molecule has 120 valence electrons. The van der Waals surface area contributed by atoms with E-state index in [0.717, 1.165) is 6.54 Å². The summed E-state index contributed by atoms with van der Waals surface area (Å²) in [6, 6.07) is 8.95. The Morgan fingerprint density at radius 2 is 2.00 bits per heavy atom. The van der Waals surface area contributed by atoms with E-state index in [1.165, 1.54) is 52.5 Å². The number of aryl methyl sites for hydroxylation is 2. The Kier molecular flexibility index (Phi) is 4.35. The van der Waals surface area contributed by atoms with Gasteiger partial charge in [0.1, 0.15) is 0 Å². The number of fused-ring (bicyclic) bond motifs is 2. The largest absolute Gasteiger partial charge is 0.301 e. The summed E-state index contributed by atoms with van der Waals surface area (Å²) >= 11 is 4.00. The van der Waals surface area contributed by atoms with Crippen molar-refractivity contribution in [2.24, 2.45) is 0 Å². The smallest absolute Gasteiger partial charge is 0.0328 e. The molecule has 0 saturated heterocycles. The standard InChI is InChI=1S/C20H23NS2/c1-14-20(16-11-12-21(2)13-19(16)22-14)18-10-6-4-8-15-7-3-5-9-17(15)23-18/h3,5,7,9-10H,4,6,8,11-13H2,1-2H3/b18-10+. The summed E-state index contributed by atoms with van der Waals surface area (Å²) in [5.41, 5.74) is 4.70. The first-order chi connectivity index (χ1) is 11.2. The van der Waals surface area contributed by atoms with E-state index in [-0.39, 0.29) is 0 Å². The monoisotopic (exact) mass is 341 g/mol. The quantitative estimate of drug-likeness (QED) is 0.672. The molecule has 0 saturated carbocycles. The number of benzene rings is 1. The first-order valence-electron chi connectivity index (χ1n) is 8.48. The summed E-state index contributed by atoms with van der Waals surface area (Å²) < 4.78 is 0. The average Bonchev–Trinajstić information content (AvgIpc) is 2.83.